The van der Waals surface area contributed by atoms with Crippen LogP contribution in [0.2, 0.25) is 0 Å². The molecule has 0 saturated carbocycles. The van der Waals surface area contributed by atoms with Crippen molar-refractivity contribution in [2.45, 2.75) is 25.8 Å². The Balaban J connectivity index is 2.12. The number of amides is 2. The zero-order chi connectivity index (χ0) is 20.0. The second-order valence-electron chi connectivity index (χ2n) is 7.04. The second-order valence-corrected chi connectivity index (χ2v) is 7.04. The predicted molar refractivity (Wildman–Crippen MR) is 106 cm³/mol. The van der Waals surface area contributed by atoms with Gasteiger partial charge >= 0.3 is 0 Å². The Labute approximate surface area is 161 Å². The molecule has 1 aromatic carbocycles. The molecule has 1 heterocycles. The Morgan fingerprint density at radius 2 is 2.04 bits per heavy atom. The fourth-order valence-corrected chi connectivity index (χ4v) is 3.16. The van der Waals surface area contributed by atoms with E-state index >= 15 is 0 Å². The average Bonchev–Trinajstić information content (AvgIpc) is 2.66. The third kappa shape index (κ3) is 5.13. The van der Waals surface area contributed by atoms with Crippen LogP contribution >= 0.6 is 0 Å². The standard InChI is InChI=1S/C20H31N3O4/c1-6-9-23(10-11-26-5)19(24)13-16-14-27-18-8-7-15(20(25)21(2)3)12-17(18)22(16)4/h7-8,12,16H,6,9-11,13-14H2,1-5H3/t16-/m1/s1. The zero-order valence-corrected chi connectivity index (χ0v) is 17.0. The minimum Gasteiger partial charge on any atom is -0.489 e. The molecule has 0 unspecified atom stereocenters. The van der Waals surface area contributed by atoms with Crippen LogP contribution < -0.4 is 9.64 Å². The molecule has 0 aromatic heterocycles. The van der Waals surface area contributed by atoms with Gasteiger partial charge in [-0.1, -0.05) is 6.92 Å². The number of carbonyl (C=O) groups excluding carboxylic acids is 2. The molecular weight excluding hydrogens is 346 g/mol. The van der Waals surface area contributed by atoms with Gasteiger partial charge in [0.15, 0.2) is 0 Å². The first-order chi connectivity index (χ1) is 12.9. The molecular formula is C20H31N3O4. The van der Waals surface area contributed by atoms with Crippen LogP contribution in [0.4, 0.5) is 5.69 Å². The van der Waals surface area contributed by atoms with Gasteiger partial charge in [0.1, 0.15) is 12.4 Å². The summed E-state index contributed by atoms with van der Waals surface area (Å²) in [4.78, 5) is 30.4. The smallest absolute Gasteiger partial charge is 0.253 e. The SMILES string of the molecule is CCCN(CCOC)C(=O)C[C@@H]1COc2ccc(C(=O)N(C)C)cc2N1C. The first-order valence-electron chi connectivity index (χ1n) is 9.37. The lowest BCUT2D eigenvalue weighted by Crippen LogP contribution is -2.45. The van der Waals surface area contributed by atoms with Gasteiger partial charge < -0.3 is 24.2 Å². The van der Waals surface area contributed by atoms with Gasteiger partial charge in [0, 0.05) is 46.9 Å². The summed E-state index contributed by atoms with van der Waals surface area (Å²) in [5.41, 5.74) is 1.44. The van der Waals surface area contributed by atoms with Crippen LogP contribution in [0.3, 0.4) is 0 Å². The van der Waals surface area contributed by atoms with Crippen LogP contribution in [0.5, 0.6) is 5.75 Å². The number of hydrogen-bond donors (Lipinski definition) is 0. The Hall–Kier alpha value is -2.28. The third-order valence-electron chi connectivity index (χ3n) is 4.79. The number of carbonyl (C=O) groups is 2. The first-order valence-corrected chi connectivity index (χ1v) is 9.37. The summed E-state index contributed by atoms with van der Waals surface area (Å²) in [5, 5.41) is 0. The highest BCUT2D eigenvalue weighted by atomic mass is 16.5. The molecule has 1 atom stereocenters. The summed E-state index contributed by atoms with van der Waals surface area (Å²) in [6, 6.07) is 5.36. The van der Waals surface area contributed by atoms with Crippen molar-refractivity contribution < 1.29 is 19.1 Å². The van der Waals surface area contributed by atoms with Crippen LogP contribution in [0.25, 0.3) is 0 Å². The van der Waals surface area contributed by atoms with E-state index in [9.17, 15) is 9.59 Å². The highest BCUT2D eigenvalue weighted by Gasteiger charge is 2.29. The number of rotatable bonds is 8. The van der Waals surface area contributed by atoms with Crippen LogP contribution in [-0.4, -0.2) is 82.2 Å². The van der Waals surface area contributed by atoms with Gasteiger partial charge in [0.25, 0.3) is 5.91 Å². The maximum absolute atomic E-state index is 12.8. The van der Waals surface area contributed by atoms with Crippen LogP contribution in [0.15, 0.2) is 18.2 Å². The maximum Gasteiger partial charge on any atom is 0.253 e. The number of ether oxygens (including phenoxy) is 2. The number of hydrogen-bond acceptors (Lipinski definition) is 5. The van der Waals surface area contributed by atoms with Crippen molar-refractivity contribution in [1.82, 2.24) is 9.80 Å². The van der Waals surface area contributed by atoms with E-state index in [1.54, 1.807) is 32.2 Å². The molecule has 1 aliphatic heterocycles. The maximum atomic E-state index is 12.8. The number of nitrogens with zero attached hydrogens (tertiary/aromatic N) is 3. The normalized spacial score (nSPS) is 15.7. The molecule has 0 radical (unpaired) electrons. The van der Waals surface area contributed by atoms with E-state index in [0.29, 0.717) is 31.7 Å². The first kappa shape index (κ1) is 21.0. The molecule has 0 saturated heterocycles. The largest absolute Gasteiger partial charge is 0.489 e. The minimum absolute atomic E-state index is 0.0573. The van der Waals surface area contributed by atoms with E-state index in [2.05, 4.69) is 6.92 Å². The molecule has 0 fully saturated rings. The van der Waals surface area contributed by atoms with Gasteiger partial charge in [-0.2, -0.15) is 0 Å². The quantitative estimate of drug-likeness (QED) is 0.692. The number of methoxy groups -OCH3 is 1. The lowest BCUT2D eigenvalue weighted by molar-refractivity contribution is -0.132. The molecule has 0 N–H and O–H groups in total. The van der Waals surface area contributed by atoms with Crippen molar-refractivity contribution in [3.63, 3.8) is 0 Å². The Kier molecular flexibility index (Phi) is 7.47. The van der Waals surface area contributed by atoms with Crippen molar-refractivity contribution >= 4 is 17.5 Å². The molecule has 7 nitrogen and oxygen atoms in total. The van der Waals surface area contributed by atoms with E-state index in [1.807, 2.05) is 29.0 Å². The van der Waals surface area contributed by atoms with E-state index in [1.165, 1.54) is 0 Å². The Bertz CT molecular complexity index is 663. The highest BCUT2D eigenvalue weighted by molar-refractivity contribution is 5.95. The predicted octanol–water partition coefficient (Wildman–Crippen LogP) is 1.86. The Morgan fingerprint density at radius 3 is 2.67 bits per heavy atom. The van der Waals surface area contributed by atoms with Crippen LogP contribution in [0.1, 0.15) is 30.1 Å². The van der Waals surface area contributed by atoms with E-state index in [4.69, 9.17) is 9.47 Å². The fraction of sp³-hybridized carbons (Fsp3) is 0.600. The fourth-order valence-electron chi connectivity index (χ4n) is 3.16. The molecule has 150 valence electrons. The van der Waals surface area contributed by atoms with Gasteiger partial charge in [-0.05, 0) is 24.6 Å². The summed E-state index contributed by atoms with van der Waals surface area (Å²) in [6.45, 7) is 4.35. The van der Waals surface area contributed by atoms with Gasteiger partial charge in [-0.25, -0.2) is 0 Å². The molecule has 7 heteroatoms. The monoisotopic (exact) mass is 377 g/mol. The van der Waals surface area contributed by atoms with Crippen molar-refractivity contribution in [3.05, 3.63) is 23.8 Å². The molecule has 0 spiro atoms. The number of fused-ring (bicyclic) bond motifs is 1. The minimum atomic E-state index is -0.0726. The van der Waals surface area contributed by atoms with Crippen molar-refractivity contribution in [1.29, 1.82) is 0 Å². The summed E-state index contributed by atoms with van der Waals surface area (Å²) in [7, 11) is 7.04. The van der Waals surface area contributed by atoms with Gasteiger partial charge in [0.05, 0.1) is 24.8 Å². The van der Waals surface area contributed by atoms with Gasteiger partial charge in [-0.3, -0.25) is 9.59 Å². The zero-order valence-electron chi connectivity index (χ0n) is 17.0. The summed E-state index contributed by atoms with van der Waals surface area (Å²) in [5.74, 6) is 0.776. The highest BCUT2D eigenvalue weighted by Crippen LogP contribution is 2.34. The topological polar surface area (TPSA) is 62.3 Å². The molecule has 1 aliphatic rings. The molecule has 0 aliphatic carbocycles. The van der Waals surface area contributed by atoms with E-state index in [-0.39, 0.29) is 17.9 Å². The van der Waals surface area contributed by atoms with Crippen molar-refractivity contribution in [3.8, 4) is 5.75 Å². The number of likely N-dealkylation sites (N-methyl/N-ethyl adjacent to an activating group) is 1. The number of benzene rings is 1. The number of anilines is 1. The molecule has 2 amide bonds. The van der Waals surface area contributed by atoms with Crippen LogP contribution in [-0.2, 0) is 9.53 Å². The van der Waals surface area contributed by atoms with Crippen molar-refractivity contribution in [2.75, 3.05) is 59.5 Å². The van der Waals surface area contributed by atoms with Crippen molar-refractivity contribution in [2.24, 2.45) is 0 Å². The Morgan fingerprint density at radius 1 is 1.30 bits per heavy atom. The molecule has 1 aromatic rings. The van der Waals surface area contributed by atoms with Crippen LogP contribution in [0, 0.1) is 0 Å². The van der Waals surface area contributed by atoms with E-state index in [0.717, 1.165) is 24.4 Å². The summed E-state index contributed by atoms with van der Waals surface area (Å²) in [6.07, 6.45) is 1.27. The van der Waals surface area contributed by atoms with E-state index < -0.39 is 0 Å². The molecule has 2 rings (SSSR count). The molecule has 27 heavy (non-hydrogen) atoms. The summed E-state index contributed by atoms with van der Waals surface area (Å²) >= 11 is 0. The summed E-state index contributed by atoms with van der Waals surface area (Å²) < 4.78 is 11.0. The lowest BCUT2D eigenvalue weighted by Gasteiger charge is -2.36. The van der Waals surface area contributed by atoms with Gasteiger partial charge in [0.2, 0.25) is 5.91 Å². The lowest BCUT2D eigenvalue weighted by atomic mass is 10.1. The average molecular weight is 377 g/mol. The van der Waals surface area contributed by atoms with Gasteiger partial charge in [-0.15, -0.1) is 0 Å². The molecule has 0 bridgehead atoms. The third-order valence-corrected chi connectivity index (χ3v) is 4.79. The second kappa shape index (κ2) is 9.60.